The number of aliphatic imine (C=N–C) groups is 2. The van der Waals surface area contributed by atoms with Crippen molar-refractivity contribution < 1.29 is 10.2 Å². The molecule has 8 heteroatoms. The van der Waals surface area contributed by atoms with Crippen molar-refractivity contribution in [1.82, 2.24) is 0 Å². The van der Waals surface area contributed by atoms with E-state index in [0.717, 1.165) is 11.1 Å². The second kappa shape index (κ2) is 10.5. The van der Waals surface area contributed by atoms with Crippen LogP contribution in [0, 0.1) is 0 Å². The summed E-state index contributed by atoms with van der Waals surface area (Å²) in [6.07, 6.45) is 3.01. The molecule has 0 fully saturated rings. The fraction of sp³-hybridized carbons (Fsp3) is 0. The van der Waals surface area contributed by atoms with Crippen LogP contribution in [0.15, 0.2) is 82.8 Å². The van der Waals surface area contributed by atoms with E-state index in [1.807, 2.05) is 48.5 Å². The molecule has 0 aromatic heterocycles. The highest BCUT2D eigenvalue weighted by Gasteiger charge is 2.11. The molecule has 0 amide bonds. The first-order valence-corrected chi connectivity index (χ1v) is 11.5. The third-order valence-electron chi connectivity index (χ3n) is 4.90. The van der Waals surface area contributed by atoms with Gasteiger partial charge in [-0.1, -0.05) is 82.8 Å². The summed E-state index contributed by atoms with van der Waals surface area (Å²) in [5.74, 6) is -0.199. The van der Waals surface area contributed by atoms with Gasteiger partial charge in [0.1, 0.15) is 11.5 Å². The maximum atomic E-state index is 10.2. The van der Waals surface area contributed by atoms with Crippen molar-refractivity contribution in [3.63, 3.8) is 0 Å². The van der Waals surface area contributed by atoms with Gasteiger partial charge in [-0.2, -0.15) is 0 Å². The molecule has 2 N–H and O–H groups in total. The Balaban J connectivity index is 1.74. The molecule has 0 atom stereocenters. The lowest BCUT2D eigenvalue weighted by Crippen LogP contribution is -1.86. The van der Waals surface area contributed by atoms with E-state index in [-0.39, 0.29) is 21.5 Å². The predicted molar refractivity (Wildman–Crippen MR) is 143 cm³/mol. The van der Waals surface area contributed by atoms with E-state index in [1.54, 1.807) is 12.1 Å². The minimum atomic E-state index is -0.0997. The maximum absolute atomic E-state index is 10.2. The fourth-order valence-electron chi connectivity index (χ4n) is 3.27. The van der Waals surface area contributed by atoms with Crippen molar-refractivity contribution >= 4 is 70.2 Å². The number of phenolic OH excluding ortho intramolecular Hbond substituents is 2. The van der Waals surface area contributed by atoms with Gasteiger partial charge >= 0.3 is 0 Å². The highest BCUT2D eigenvalue weighted by Crippen LogP contribution is 2.38. The van der Waals surface area contributed by atoms with E-state index in [0.29, 0.717) is 32.5 Å². The first-order valence-electron chi connectivity index (χ1n) is 9.96. The monoisotopic (exact) mass is 528 g/mol. The summed E-state index contributed by atoms with van der Waals surface area (Å²) >= 11 is 24.2. The van der Waals surface area contributed by atoms with E-state index >= 15 is 0 Å². The molecule has 34 heavy (non-hydrogen) atoms. The summed E-state index contributed by atoms with van der Waals surface area (Å²) in [4.78, 5) is 9.13. The zero-order valence-corrected chi connectivity index (χ0v) is 20.4. The maximum Gasteiger partial charge on any atom is 0.143 e. The quantitative estimate of drug-likeness (QED) is 0.253. The third-order valence-corrected chi connectivity index (χ3v) is 5.91. The Labute approximate surface area is 216 Å². The Bertz CT molecular complexity index is 1330. The van der Waals surface area contributed by atoms with Crippen LogP contribution >= 0.6 is 46.4 Å². The van der Waals surface area contributed by atoms with Crippen LogP contribution in [-0.2, 0) is 0 Å². The molecule has 0 saturated carbocycles. The van der Waals surface area contributed by atoms with Crippen LogP contribution in [0.3, 0.4) is 0 Å². The number of halogens is 4. The Morgan fingerprint density at radius 1 is 0.559 bits per heavy atom. The summed E-state index contributed by atoms with van der Waals surface area (Å²) in [6, 6.07) is 21.1. The van der Waals surface area contributed by atoms with Crippen LogP contribution in [-0.4, -0.2) is 22.6 Å². The predicted octanol–water partition coefficient (Wildman–Crippen LogP) is 8.88. The minimum Gasteiger partial charge on any atom is -0.506 e. The topological polar surface area (TPSA) is 65.2 Å². The van der Waals surface area contributed by atoms with Gasteiger partial charge in [0.25, 0.3) is 0 Å². The molecule has 0 unspecified atom stereocenters. The smallest absolute Gasteiger partial charge is 0.143 e. The Morgan fingerprint density at radius 2 is 0.941 bits per heavy atom. The SMILES string of the molecule is Oc1c(Cl)cc(Cl)cc1C=Nc1ccccc1-c1ccccc1N=Cc1cc(Cl)cc(Cl)c1O. The van der Waals surface area contributed by atoms with Gasteiger partial charge in [0.15, 0.2) is 0 Å². The molecule has 0 bridgehead atoms. The van der Waals surface area contributed by atoms with Gasteiger partial charge in [0.05, 0.1) is 21.4 Å². The average Bonchev–Trinajstić information content (AvgIpc) is 2.82. The van der Waals surface area contributed by atoms with Gasteiger partial charge in [-0.15, -0.1) is 0 Å². The van der Waals surface area contributed by atoms with Crippen molar-refractivity contribution in [3.8, 4) is 22.6 Å². The molecule has 0 spiro atoms. The summed E-state index contributed by atoms with van der Waals surface area (Å²) in [5.41, 5.74) is 3.71. The van der Waals surface area contributed by atoms with Crippen LogP contribution < -0.4 is 0 Å². The number of aromatic hydroxyl groups is 2. The number of hydrogen-bond donors (Lipinski definition) is 2. The molecule has 4 rings (SSSR count). The first kappa shape index (κ1) is 24.1. The fourth-order valence-corrected chi connectivity index (χ4v) is 4.29. The molecule has 4 nitrogen and oxygen atoms in total. The molecule has 0 radical (unpaired) electrons. The second-order valence-electron chi connectivity index (χ2n) is 7.20. The standard InChI is InChI=1S/C26H16Cl4N2O2/c27-17-9-15(25(33)21(29)11-17)13-31-23-7-3-1-5-19(23)20-6-2-4-8-24(20)32-14-16-10-18(28)12-22(30)26(16)34/h1-14,33-34H. The number of para-hydroxylation sites is 2. The van der Waals surface area contributed by atoms with Crippen LogP contribution in [0.2, 0.25) is 20.1 Å². The van der Waals surface area contributed by atoms with Crippen LogP contribution in [0.4, 0.5) is 11.4 Å². The van der Waals surface area contributed by atoms with Gasteiger partial charge in [-0.25, -0.2) is 0 Å². The first-order chi connectivity index (χ1) is 16.3. The summed E-state index contributed by atoms with van der Waals surface area (Å²) in [6.45, 7) is 0. The molecule has 0 aliphatic rings. The highest BCUT2D eigenvalue weighted by atomic mass is 35.5. The Hall–Kier alpha value is -3.02. The van der Waals surface area contributed by atoms with Gasteiger partial charge in [0, 0.05) is 44.7 Å². The summed E-state index contributed by atoms with van der Waals surface area (Å²) < 4.78 is 0. The molecule has 4 aromatic carbocycles. The van der Waals surface area contributed by atoms with E-state index < -0.39 is 0 Å². The highest BCUT2D eigenvalue weighted by molar-refractivity contribution is 6.36. The third kappa shape index (κ3) is 5.37. The lowest BCUT2D eigenvalue weighted by atomic mass is 10.0. The lowest BCUT2D eigenvalue weighted by Gasteiger charge is -2.09. The normalized spacial score (nSPS) is 11.5. The molecule has 4 aromatic rings. The molecule has 170 valence electrons. The molecule has 0 aliphatic carbocycles. The summed E-state index contributed by atoms with van der Waals surface area (Å²) in [5, 5.41) is 21.5. The minimum absolute atomic E-state index is 0.0997. The molecule has 0 aliphatic heterocycles. The van der Waals surface area contributed by atoms with Crippen molar-refractivity contribution in [2.24, 2.45) is 9.98 Å². The molecular formula is C26H16Cl4N2O2. The van der Waals surface area contributed by atoms with Gasteiger partial charge in [-0.05, 0) is 36.4 Å². The van der Waals surface area contributed by atoms with E-state index in [4.69, 9.17) is 46.4 Å². The number of nitrogens with zero attached hydrogens (tertiary/aromatic N) is 2. The lowest BCUT2D eigenvalue weighted by molar-refractivity contribution is 0.474. The molecular weight excluding hydrogens is 514 g/mol. The van der Waals surface area contributed by atoms with E-state index in [9.17, 15) is 10.2 Å². The van der Waals surface area contributed by atoms with Crippen molar-refractivity contribution in [2.45, 2.75) is 0 Å². The van der Waals surface area contributed by atoms with Gasteiger partial charge < -0.3 is 10.2 Å². The van der Waals surface area contributed by atoms with Crippen LogP contribution in [0.5, 0.6) is 11.5 Å². The molecule has 0 heterocycles. The summed E-state index contributed by atoms with van der Waals surface area (Å²) in [7, 11) is 0. The van der Waals surface area contributed by atoms with Gasteiger partial charge in [-0.3, -0.25) is 9.98 Å². The van der Waals surface area contributed by atoms with Crippen molar-refractivity contribution in [1.29, 1.82) is 0 Å². The van der Waals surface area contributed by atoms with E-state index in [2.05, 4.69) is 9.98 Å². The van der Waals surface area contributed by atoms with Crippen LogP contribution in [0.25, 0.3) is 11.1 Å². The number of benzene rings is 4. The Kier molecular flexibility index (Phi) is 7.44. The number of hydrogen-bond acceptors (Lipinski definition) is 4. The second-order valence-corrected chi connectivity index (χ2v) is 8.89. The van der Waals surface area contributed by atoms with Crippen LogP contribution in [0.1, 0.15) is 11.1 Å². The van der Waals surface area contributed by atoms with E-state index in [1.165, 1.54) is 24.6 Å². The number of phenols is 2. The van der Waals surface area contributed by atoms with Crippen molar-refractivity contribution in [2.75, 3.05) is 0 Å². The van der Waals surface area contributed by atoms with Crippen molar-refractivity contribution in [3.05, 3.63) is 104 Å². The van der Waals surface area contributed by atoms with Gasteiger partial charge in [0.2, 0.25) is 0 Å². The number of rotatable bonds is 5. The largest absolute Gasteiger partial charge is 0.506 e. The Morgan fingerprint density at radius 3 is 1.35 bits per heavy atom. The zero-order valence-electron chi connectivity index (χ0n) is 17.4. The zero-order chi connectivity index (χ0) is 24.2. The average molecular weight is 530 g/mol. The molecule has 0 saturated heterocycles.